The highest BCUT2D eigenvalue weighted by molar-refractivity contribution is 5.93. The van der Waals surface area contributed by atoms with Crippen LogP contribution in [0.1, 0.15) is 5.56 Å². The van der Waals surface area contributed by atoms with Crippen molar-refractivity contribution < 1.29 is 0 Å². The van der Waals surface area contributed by atoms with Gasteiger partial charge in [0.25, 0.3) is 0 Å². The molecule has 0 unspecified atom stereocenters. The van der Waals surface area contributed by atoms with Crippen molar-refractivity contribution in [2.24, 2.45) is 0 Å². The fourth-order valence-corrected chi connectivity index (χ4v) is 1.59. The molecule has 74 valence electrons. The molecule has 0 aliphatic heterocycles. The predicted octanol–water partition coefficient (Wildman–Crippen LogP) is 3.32. The van der Waals surface area contributed by atoms with Crippen LogP contribution in [0.2, 0.25) is 0 Å². The van der Waals surface area contributed by atoms with E-state index in [4.69, 9.17) is 0 Å². The quantitative estimate of drug-likeness (QED) is 0.749. The van der Waals surface area contributed by atoms with Crippen molar-refractivity contribution in [1.29, 1.82) is 0 Å². The van der Waals surface area contributed by atoms with E-state index in [0.29, 0.717) is 0 Å². The molecule has 0 spiro atoms. The molecule has 0 radical (unpaired) electrons. The Hall–Kier alpha value is -2.09. The minimum atomic E-state index is 0.893. The number of H-pyrrole nitrogens is 1. The molecule has 2 nitrogen and oxygen atoms in total. The third-order valence-corrected chi connectivity index (χ3v) is 2.28. The Bertz CT molecular complexity index is 532. The Morgan fingerprint density at radius 1 is 1.40 bits per heavy atom. The van der Waals surface area contributed by atoms with Gasteiger partial charge < -0.3 is 4.98 Å². The molecule has 2 heterocycles. The lowest BCUT2D eigenvalue weighted by Gasteiger charge is -1.97. The van der Waals surface area contributed by atoms with Crippen LogP contribution in [0, 0.1) is 0 Å². The number of hydrogen-bond donors (Lipinski definition) is 1. The van der Waals surface area contributed by atoms with Crippen LogP contribution in [0.25, 0.3) is 16.6 Å². The summed E-state index contributed by atoms with van der Waals surface area (Å²) < 4.78 is 0. The Balaban J connectivity index is 2.66. The standard InChI is InChI=1S/C13H12N2/c1-3-6-10(4-2)12-9-15-13-11(12)7-5-8-14-13/h3-9H,1-2H2,(H,14,15)/b10-6+. The smallest absolute Gasteiger partial charge is 0.137 e. The van der Waals surface area contributed by atoms with Crippen molar-refractivity contribution in [2.75, 3.05) is 0 Å². The molecule has 0 saturated carbocycles. The first-order valence-corrected chi connectivity index (χ1v) is 4.74. The number of hydrogen-bond acceptors (Lipinski definition) is 1. The van der Waals surface area contributed by atoms with Gasteiger partial charge in [0, 0.05) is 23.3 Å². The van der Waals surface area contributed by atoms with Gasteiger partial charge in [0.2, 0.25) is 0 Å². The molecule has 0 aromatic carbocycles. The Morgan fingerprint density at radius 3 is 3.00 bits per heavy atom. The van der Waals surface area contributed by atoms with Crippen LogP contribution in [0.15, 0.2) is 55.9 Å². The van der Waals surface area contributed by atoms with Crippen LogP contribution < -0.4 is 0 Å². The number of allylic oxidation sites excluding steroid dienone is 4. The molecule has 0 bridgehead atoms. The predicted molar refractivity (Wildman–Crippen MR) is 64.5 cm³/mol. The minimum absolute atomic E-state index is 0.893. The molecule has 0 saturated heterocycles. The lowest BCUT2D eigenvalue weighted by Crippen LogP contribution is -1.78. The summed E-state index contributed by atoms with van der Waals surface area (Å²) in [5.41, 5.74) is 3.04. The largest absolute Gasteiger partial charge is 0.346 e. The molecule has 0 atom stereocenters. The van der Waals surface area contributed by atoms with E-state index < -0.39 is 0 Å². The van der Waals surface area contributed by atoms with E-state index in [1.807, 2.05) is 30.5 Å². The highest BCUT2D eigenvalue weighted by atomic mass is 14.8. The lowest BCUT2D eigenvalue weighted by atomic mass is 10.1. The van der Waals surface area contributed by atoms with E-state index in [0.717, 1.165) is 22.2 Å². The summed E-state index contributed by atoms with van der Waals surface area (Å²) in [6.07, 6.45) is 9.22. The van der Waals surface area contributed by atoms with Crippen molar-refractivity contribution in [3.63, 3.8) is 0 Å². The van der Waals surface area contributed by atoms with Gasteiger partial charge in [-0.2, -0.15) is 0 Å². The summed E-state index contributed by atoms with van der Waals surface area (Å²) >= 11 is 0. The second kappa shape index (κ2) is 3.96. The second-order valence-electron chi connectivity index (χ2n) is 3.16. The number of nitrogens with one attached hydrogen (secondary N) is 1. The molecule has 2 aromatic heterocycles. The lowest BCUT2D eigenvalue weighted by molar-refractivity contribution is 1.32. The maximum Gasteiger partial charge on any atom is 0.137 e. The number of rotatable bonds is 3. The molecule has 15 heavy (non-hydrogen) atoms. The second-order valence-corrected chi connectivity index (χ2v) is 3.16. The van der Waals surface area contributed by atoms with Gasteiger partial charge in [-0.1, -0.05) is 31.4 Å². The molecule has 2 heteroatoms. The monoisotopic (exact) mass is 196 g/mol. The van der Waals surface area contributed by atoms with Crippen molar-refractivity contribution in [3.05, 3.63) is 61.5 Å². The molecule has 2 rings (SSSR count). The molecule has 0 amide bonds. The van der Waals surface area contributed by atoms with Crippen LogP contribution in [0.4, 0.5) is 0 Å². The summed E-state index contributed by atoms with van der Waals surface area (Å²) in [6.45, 7) is 7.48. The Morgan fingerprint density at radius 2 is 2.27 bits per heavy atom. The summed E-state index contributed by atoms with van der Waals surface area (Å²) in [5, 5.41) is 1.10. The number of aromatic nitrogens is 2. The van der Waals surface area contributed by atoms with Crippen LogP contribution in [-0.4, -0.2) is 9.97 Å². The fraction of sp³-hybridized carbons (Fsp3) is 0. The molecule has 0 aliphatic rings. The van der Waals surface area contributed by atoms with Gasteiger partial charge in [-0.25, -0.2) is 4.98 Å². The number of nitrogens with zero attached hydrogens (tertiary/aromatic N) is 1. The summed E-state index contributed by atoms with van der Waals surface area (Å²) in [6, 6.07) is 3.96. The zero-order valence-corrected chi connectivity index (χ0v) is 8.40. The van der Waals surface area contributed by atoms with Gasteiger partial charge in [0.1, 0.15) is 5.65 Å². The topological polar surface area (TPSA) is 28.7 Å². The van der Waals surface area contributed by atoms with Crippen molar-refractivity contribution in [1.82, 2.24) is 9.97 Å². The molecule has 1 N–H and O–H groups in total. The van der Waals surface area contributed by atoms with Gasteiger partial charge in [0.05, 0.1) is 0 Å². The Kier molecular flexibility index (Phi) is 2.50. The number of aromatic amines is 1. The first-order valence-electron chi connectivity index (χ1n) is 4.74. The maximum absolute atomic E-state index is 4.24. The average molecular weight is 196 g/mol. The van der Waals surface area contributed by atoms with Gasteiger partial charge >= 0.3 is 0 Å². The van der Waals surface area contributed by atoms with Gasteiger partial charge in [-0.3, -0.25) is 0 Å². The Labute approximate surface area is 88.7 Å². The van der Waals surface area contributed by atoms with Crippen LogP contribution in [0.5, 0.6) is 0 Å². The van der Waals surface area contributed by atoms with Crippen LogP contribution in [-0.2, 0) is 0 Å². The van der Waals surface area contributed by atoms with Gasteiger partial charge in [-0.15, -0.1) is 0 Å². The highest BCUT2D eigenvalue weighted by Crippen LogP contribution is 2.24. The molecular weight excluding hydrogens is 184 g/mol. The van der Waals surface area contributed by atoms with E-state index in [1.165, 1.54) is 0 Å². The fourth-order valence-electron chi connectivity index (χ4n) is 1.59. The minimum Gasteiger partial charge on any atom is -0.346 e. The molecular formula is C13H12N2. The highest BCUT2D eigenvalue weighted by Gasteiger charge is 2.05. The summed E-state index contributed by atoms with van der Waals surface area (Å²) in [7, 11) is 0. The summed E-state index contributed by atoms with van der Waals surface area (Å²) in [4.78, 5) is 7.36. The SMILES string of the molecule is C=C/C=C(\C=C)c1c[nH]c2ncccc12. The maximum atomic E-state index is 4.24. The number of fused-ring (bicyclic) bond motifs is 1. The third kappa shape index (κ3) is 1.62. The molecule has 0 aliphatic carbocycles. The number of pyridine rings is 1. The molecule has 2 aromatic rings. The van der Waals surface area contributed by atoms with E-state index in [-0.39, 0.29) is 0 Å². The van der Waals surface area contributed by atoms with E-state index in [1.54, 1.807) is 12.3 Å². The van der Waals surface area contributed by atoms with Crippen molar-refractivity contribution in [3.8, 4) is 0 Å². The van der Waals surface area contributed by atoms with Crippen LogP contribution >= 0.6 is 0 Å². The van der Waals surface area contributed by atoms with Crippen LogP contribution in [0.3, 0.4) is 0 Å². The van der Waals surface area contributed by atoms with Gasteiger partial charge in [-0.05, 0) is 17.7 Å². The van der Waals surface area contributed by atoms with E-state index in [2.05, 4.69) is 23.1 Å². The van der Waals surface area contributed by atoms with E-state index >= 15 is 0 Å². The normalized spacial score (nSPS) is 11.6. The average Bonchev–Trinajstić information content (AvgIpc) is 2.70. The first kappa shape index (κ1) is 9.46. The third-order valence-electron chi connectivity index (χ3n) is 2.28. The van der Waals surface area contributed by atoms with E-state index in [9.17, 15) is 0 Å². The van der Waals surface area contributed by atoms with Crippen molar-refractivity contribution in [2.45, 2.75) is 0 Å². The van der Waals surface area contributed by atoms with Crippen molar-refractivity contribution >= 4 is 16.6 Å². The molecule has 0 fully saturated rings. The zero-order chi connectivity index (χ0) is 10.7. The van der Waals surface area contributed by atoms with Gasteiger partial charge in [0.15, 0.2) is 0 Å². The zero-order valence-electron chi connectivity index (χ0n) is 8.40. The first-order chi connectivity index (χ1) is 7.36. The summed E-state index contributed by atoms with van der Waals surface area (Å²) in [5.74, 6) is 0.